The van der Waals surface area contributed by atoms with E-state index in [4.69, 9.17) is 0 Å². The number of aryl methyl sites for hydroxylation is 2. The Balaban J connectivity index is 1.32. The molecule has 0 unspecified atom stereocenters. The van der Waals surface area contributed by atoms with Crippen LogP contribution in [0.5, 0.6) is 0 Å². The fraction of sp³-hybridized carbons (Fsp3) is 0.294. The van der Waals surface area contributed by atoms with Crippen LogP contribution in [0.2, 0.25) is 0 Å². The van der Waals surface area contributed by atoms with Crippen LogP contribution in [0, 0.1) is 0 Å². The van der Waals surface area contributed by atoms with Crippen molar-refractivity contribution in [2.45, 2.75) is 25.7 Å². The molecule has 1 aliphatic rings. The molecule has 2 aromatic heterocycles. The van der Waals surface area contributed by atoms with Crippen LogP contribution in [-0.2, 0) is 19.3 Å². The largest absolute Gasteiger partial charge is 0.352 e. The Labute approximate surface area is 143 Å². The maximum absolute atomic E-state index is 12.2. The van der Waals surface area contributed by atoms with Crippen LogP contribution in [0.4, 0.5) is 0 Å². The van der Waals surface area contributed by atoms with E-state index in [0.29, 0.717) is 12.1 Å². The monoisotopic (exact) mass is 339 g/mol. The molecule has 1 aliphatic carbocycles. The maximum Gasteiger partial charge on any atom is 0.251 e. The van der Waals surface area contributed by atoms with Gasteiger partial charge in [-0.25, -0.2) is 4.98 Å². The molecule has 1 N–H and O–H groups in total. The Morgan fingerprint density at radius 3 is 2.71 bits per heavy atom. The van der Waals surface area contributed by atoms with Crippen molar-refractivity contribution in [1.29, 1.82) is 0 Å². The molecule has 7 heteroatoms. The standard InChI is InChI=1S/C17H17N5OS/c23-17(12-4-6-13(7-5-12)22-10-19-20-11-22)18-9-8-16-21-14-2-1-3-15(14)24-16/h4-7,10-11H,1-3,8-9H2,(H,18,23). The Bertz CT molecular complexity index is 817. The molecule has 122 valence electrons. The van der Waals surface area contributed by atoms with Gasteiger partial charge in [0, 0.05) is 29.1 Å². The fourth-order valence-electron chi connectivity index (χ4n) is 2.85. The molecular formula is C17H17N5OS. The normalized spacial score (nSPS) is 13.0. The molecule has 3 aromatic rings. The van der Waals surface area contributed by atoms with E-state index in [1.807, 2.05) is 24.3 Å². The number of aromatic nitrogens is 4. The van der Waals surface area contributed by atoms with E-state index in [-0.39, 0.29) is 5.91 Å². The van der Waals surface area contributed by atoms with Gasteiger partial charge in [0.15, 0.2) is 0 Å². The maximum atomic E-state index is 12.2. The molecule has 0 atom stereocenters. The highest BCUT2D eigenvalue weighted by Gasteiger charge is 2.16. The van der Waals surface area contributed by atoms with Gasteiger partial charge in [0.25, 0.3) is 5.91 Å². The number of carbonyl (C=O) groups excluding carboxylic acids is 1. The van der Waals surface area contributed by atoms with Crippen molar-refractivity contribution < 1.29 is 4.79 Å². The number of rotatable bonds is 5. The highest BCUT2D eigenvalue weighted by molar-refractivity contribution is 7.11. The highest BCUT2D eigenvalue weighted by atomic mass is 32.1. The Hall–Kier alpha value is -2.54. The van der Waals surface area contributed by atoms with Crippen molar-refractivity contribution >= 4 is 17.2 Å². The van der Waals surface area contributed by atoms with E-state index in [1.165, 1.54) is 17.0 Å². The van der Waals surface area contributed by atoms with E-state index in [1.54, 1.807) is 28.6 Å². The second-order valence-corrected chi connectivity index (χ2v) is 6.92. The number of hydrogen-bond acceptors (Lipinski definition) is 5. The molecule has 0 aliphatic heterocycles. The molecule has 0 saturated carbocycles. The zero-order valence-electron chi connectivity index (χ0n) is 13.1. The van der Waals surface area contributed by atoms with Gasteiger partial charge in [-0.05, 0) is 43.5 Å². The van der Waals surface area contributed by atoms with Crippen LogP contribution in [-0.4, -0.2) is 32.2 Å². The molecule has 4 rings (SSSR count). The number of benzene rings is 1. The van der Waals surface area contributed by atoms with E-state index in [2.05, 4.69) is 20.5 Å². The van der Waals surface area contributed by atoms with Crippen molar-refractivity contribution in [3.8, 4) is 5.69 Å². The smallest absolute Gasteiger partial charge is 0.251 e. The molecule has 6 nitrogen and oxygen atoms in total. The van der Waals surface area contributed by atoms with Gasteiger partial charge in [0.05, 0.1) is 10.7 Å². The van der Waals surface area contributed by atoms with Gasteiger partial charge in [0.2, 0.25) is 0 Å². The van der Waals surface area contributed by atoms with Crippen LogP contribution in [0.25, 0.3) is 5.69 Å². The van der Waals surface area contributed by atoms with Gasteiger partial charge >= 0.3 is 0 Å². The lowest BCUT2D eigenvalue weighted by Crippen LogP contribution is -2.25. The summed E-state index contributed by atoms with van der Waals surface area (Å²) < 4.78 is 1.79. The summed E-state index contributed by atoms with van der Waals surface area (Å²) >= 11 is 1.79. The van der Waals surface area contributed by atoms with Crippen molar-refractivity contribution in [2.75, 3.05) is 6.54 Å². The van der Waals surface area contributed by atoms with Gasteiger partial charge in [-0.1, -0.05) is 0 Å². The predicted octanol–water partition coefficient (Wildman–Crippen LogP) is 2.19. The van der Waals surface area contributed by atoms with E-state index >= 15 is 0 Å². The molecule has 0 fully saturated rings. The Kier molecular flexibility index (Phi) is 4.08. The molecule has 0 bridgehead atoms. The molecule has 24 heavy (non-hydrogen) atoms. The van der Waals surface area contributed by atoms with E-state index in [9.17, 15) is 4.79 Å². The van der Waals surface area contributed by atoms with Crippen molar-refractivity contribution in [2.24, 2.45) is 0 Å². The average molecular weight is 339 g/mol. The quantitative estimate of drug-likeness (QED) is 0.773. The summed E-state index contributed by atoms with van der Waals surface area (Å²) in [4.78, 5) is 18.3. The van der Waals surface area contributed by atoms with Gasteiger partial charge in [-0.2, -0.15) is 0 Å². The lowest BCUT2D eigenvalue weighted by molar-refractivity contribution is 0.0954. The number of fused-ring (bicyclic) bond motifs is 1. The number of nitrogens with zero attached hydrogens (tertiary/aromatic N) is 4. The van der Waals surface area contributed by atoms with Crippen LogP contribution >= 0.6 is 11.3 Å². The third kappa shape index (κ3) is 3.07. The summed E-state index contributed by atoms with van der Waals surface area (Å²) in [7, 11) is 0. The van der Waals surface area contributed by atoms with Crippen molar-refractivity contribution in [3.05, 3.63) is 58.1 Å². The minimum atomic E-state index is -0.0607. The summed E-state index contributed by atoms with van der Waals surface area (Å²) in [6.45, 7) is 0.610. The molecule has 0 spiro atoms. The molecule has 0 saturated heterocycles. The average Bonchev–Trinajstić information content (AvgIpc) is 3.32. The third-order valence-electron chi connectivity index (χ3n) is 4.11. The summed E-state index contributed by atoms with van der Waals surface area (Å²) in [5.74, 6) is -0.0607. The number of nitrogens with one attached hydrogen (secondary N) is 1. The van der Waals surface area contributed by atoms with Crippen LogP contribution in [0.3, 0.4) is 0 Å². The minimum Gasteiger partial charge on any atom is -0.352 e. The van der Waals surface area contributed by atoms with Gasteiger partial charge in [-0.3, -0.25) is 9.36 Å². The first-order chi connectivity index (χ1) is 11.8. The van der Waals surface area contributed by atoms with E-state index in [0.717, 1.165) is 30.0 Å². The van der Waals surface area contributed by atoms with Gasteiger partial charge < -0.3 is 5.32 Å². The molecule has 0 radical (unpaired) electrons. The molecule has 1 aromatic carbocycles. The molecule has 2 heterocycles. The summed E-state index contributed by atoms with van der Waals surface area (Å²) in [5.41, 5.74) is 2.84. The first-order valence-electron chi connectivity index (χ1n) is 8.00. The lowest BCUT2D eigenvalue weighted by atomic mass is 10.2. The number of thiazole rings is 1. The van der Waals surface area contributed by atoms with Gasteiger partial charge in [0.1, 0.15) is 12.7 Å². The van der Waals surface area contributed by atoms with Crippen LogP contribution < -0.4 is 5.32 Å². The highest BCUT2D eigenvalue weighted by Crippen LogP contribution is 2.27. The third-order valence-corrected chi connectivity index (χ3v) is 5.33. The van der Waals surface area contributed by atoms with E-state index < -0.39 is 0 Å². The fourth-order valence-corrected chi connectivity index (χ4v) is 4.01. The first kappa shape index (κ1) is 15.0. The molecule has 1 amide bonds. The zero-order chi connectivity index (χ0) is 16.4. The van der Waals surface area contributed by atoms with Crippen molar-refractivity contribution in [1.82, 2.24) is 25.1 Å². The number of carbonyl (C=O) groups is 1. The topological polar surface area (TPSA) is 72.7 Å². The zero-order valence-corrected chi connectivity index (χ0v) is 13.9. The summed E-state index contributed by atoms with van der Waals surface area (Å²) in [6, 6.07) is 7.37. The summed E-state index contributed by atoms with van der Waals surface area (Å²) in [5, 5.41) is 11.6. The second kappa shape index (κ2) is 6.52. The van der Waals surface area contributed by atoms with Crippen LogP contribution in [0.1, 0.15) is 32.4 Å². The number of amides is 1. The van der Waals surface area contributed by atoms with Crippen molar-refractivity contribution in [3.63, 3.8) is 0 Å². The Morgan fingerprint density at radius 2 is 1.96 bits per heavy atom. The predicted molar refractivity (Wildman–Crippen MR) is 91.5 cm³/mol. The minimum absolute atomic E-state index is 0.0607. The molecular weight excluding hydrogens is 322 g/mol. The Morgan fingerprint density at radius 1 is 1.17 bits per heavy atom. The lowest BCUT2D eigenvalue weighted by Gasteiger charge is -2.06. The number of hydrogen-bond donors (Lipinski definition) is 1. The first-order valence-corrected chi connectivity index (χ1v) is 8.82. The van der Waals surface area contributed by atoms with Crippen LogP contribution in [0.15, 0.2) is 36.9 Å². The second-order valence-electron chi connectivity index (χ2n) is 5.75. The van der Waals surface area contributed by atoms with Gasteiger partial charge in [-0.15, -0.1) is 21.5 Å². The SMILES string of the molecule is O=C(NCCc1nc2c(s1)CCC2)c1ccc(-n2cnnc2)cc1. The summed E-state index contributed by atoms with van der Waals surface area (Å²) in [6.07, 6.45) is 7.55.